The van der Waals surface area contributed by atoms with Gasteiger partial charge in [0.1, 0.15) is 12.4 Å². The van der Waals surface area contributed by atoms with Gasteiger partial charge in [-0.2, -0.15) is 5.10 Å². The molecule has 0 unspecified atom stereocenters. The smallest absolute Gasteiger partial charge is 0.337 e. The van der Waals surface area contributed by atoms with E-state index in [4.69, 9.17) is 24.0 Å². The van der Waals surface area contributed by atoms with Crippen molar-refractivity contribution in [3.05, 3.63) is 93.6 Å². The third-order valence-corrected chi connectivity index (χ3v) is 7.33. The molecule has 3 heterocycles. The van der Waals surface area contributed by atoms with Crippen molar-refractivity contribution >= 4 is 27.7 Å². The van der Waals surface area contributed by atoms with Gasteiger partial charge in [0.05, 0.1) is 44.0 Å². The number of carbonyl (C=O) groups is 1. The number of methoxy groups -OCH3 is 3. The van der Waals surface area contributed by atoms with Gasteiger partial charge in [-0.15, -0.1) is 0 Å². The average Bonchev–Trinajstić information content (AvgIpc) is 3.52. The molecule has 38 heavy (non-hydrogen) atoms. The molecule has 8 nitrogen and oxygen atoms in total. The van der Waals surface area contributed by atoms with Gasteiger partial charge in [0, 0.05) is 21.5 Å². The number of halogens is 1. The van der Waals surface area contributed by atoms with Crippen molar-refractivity contribution in [1.82, 2.24) is 9.78 Å². The molecule has 3 aromatic carbocycles. The van der Waals surface area contributed by atoms with Crippen LogP contribution in [0.2, 0.25) is 0 Å². The third-order valence-electron chi connectivity index (χ3n) is 6.80. The van der Waals surface area contributed by atoms with E-state index in [9.17, 15) is 4.79 Å². The molecule has 0 fully saturated rings. The molecule has 4 aromatic rings. The number of fused-ring (bicyclic) bond motifs is 1. The molecule has 9 heteroatoms. The van der Waals surface area contributed by atoms with E-state index in [-0.39, 0.29) is 12.6 Å². The second-order valence-corrected chi connectivity index (χ2v) is 9.77. The van der Waals surface area contributed by atoms with Crippen LogP contribution in [-0.4, -0.2) is 43.7 Å². The molecule has 6 rings (SSSR count). The highest BCUT2D eigenvalue weighted by atomic mass is 79.9. The number of anilines is 1. The Labute approximate surface area is 227 Å². The fourth-order valence-electron chi connectivity index (χ4n) is 5.10. The Morgan fingerprint density at radius 1 is 0.974 bits per heavy atom. The molecule has 2 aliphatic rings. The van der Waals surface area contributed by atoms with Crippen molar-refractivity contribution in [1.29, 1.82) is 0 Å². The number of aromatic nitrogens is 2. The van der Waals surface area contributed by atoms with E-state index in [2.05, 4.69) is 21.2 Å². The number of para-hydroxylation sites is 1. The van der Waals surface area contributed by atoms with E-state index in [1.807, 2.05) is 71.4 Å². The van der Waals surface area contributed by atoms with Gasteiger partial charge < -0.3 is 24.3 Å². The molecule has 0 spiro atoms. The van der Waals surface area contributed by atoms with Crippen LogP contribution in [0.5, 0.6) is 17.2 Å². The lowest BCUT2D eigenvalue weighted by molar-refractivity contribution is -0.136. The molecule has 2 aliphatic heterocycles. The maximum absolute atomic E-state index is 13.2. The van der Waals surface area contributed by atoms with Crippen LogP contribution in [0, 0.1) is 0 Å². The normalized spacial score (nSPS) is 15.9. The van der Waals surface area contributed by atoms with Crippen LogP contribution in [-0.2, 0) is 9.53 Å². The van der Waals surface area contributed by atoms with Crippen LogP contribution >= 0.6 is 15.9 Å². The number of cyclic esters (lactones) is 1. The molecule has 0 radical (unpaired) electrons. The number of nitrogens with one attached hydrogen (secondary N) is 1. The lowest BCUT2D eigenvalue weighted by Crippen LogP contribution is -2.21. The van der Waals surface area contributed by atoms with Gasteiger partial charge in [-0.3, -0.25) is 0 Å². The maximum Gasteiger partial charge on any atom is 0.337 e. The standard InChI is InChI=1S/C29H24BrN3O5/c1-35-21-13-17(14-22(36-2)27(21)37-3)23-24-20(15-38-29(24)34)31-28-25(23)26(16-9-11-18(30)12-10-16)32-33(28)19-7-5-4-6-8-19/h4-14,23,31H,15H2,1-3H3/t23-/m1/s1. The van der Waals surface area contributed by atoms with E-state index in [0.29, 0.717) is 28.5 Å². The summed E-state index contributed by atoms with van der Waals surface area (Å²) in [6.07, 6.45) is 0. The van der Waals surface area contributed by atoms with Crippen LogP contribution < -0.4 is 19.5 Å². The lowest BCUT2D eigenvalue weighted by atomic mass is 9.80. The summed E-state index contributed by atoms with van der Waals surface area (Å²) in [5.41, 5.74) is 5.43. The van der Waals surface area contributed by atoms with E-state index < -0.39 is 5.92 Å². The van der Waals surface area contributed by atoms with Crippen LogP contribution in [0.3, 0.4) is 0 Å². The number of carbonyl (C=O) groups excluding carboxylic acids is 1. The van der Waals surface area contributed by atoms with E-state index >= 15 is 0 Å². The number of hydrogen-bond donors (Lipinski definition) is 1. The third kappa shape index (κ3) is 3.81. The highest BCUT2D eigenvalue weighted by Gasteiger charge is 2.43. The minimum absolute atomic E-state index is 0.155. The molecular weight excluding hydrogens is 550 g/mol. The van der Waals surface area contributed by atoms with Gasteiger partial charge >= 0.3 is 5.97 Å². The Morgan fingerprint density at radius 3 is 2.29 bits per heavy atom. The summed E-state index contributed by atoms with van der Waals surface area (Å²) in [5, 5.41) is 8.56. The van der Waals surface area contributed by atoms with Crippen LogP contribution in [0.25, 0.3) is 16.9 Å². The van der Waals surface area contributed by atoms with Gasteiger partial charge in [0.15, 0.2) is 11.5 Å². The summed E-state index contributed by atoms with van der Waals surface area (Å²) in [4.78, 5) is 13.2. The first-order valence-corrected chi connectivity index (χ1v) is 12.7. The summed E-state index contributed by atoms with van der Waals surface area (Å²) >= 11 is 3.53. The lowest BCUT2D eigenvalue weighted by Gasteiger charge is -2.27. The molecule has 0 aliphatic carbocycles. The SMILES string of the molecule is COc1cc([C@@H]2C3=C(COC3=O)Nc3c2c(-c2ccc(Br)cc2)nn3-c2ccccc2)cc(OC)c1OC. The second kappa shape index (κ2) is 9.57. The number of hydrogen-bond acceptors (Lipinski definition) is 7. The molecule has 1 atom stereocenters. The van der Waals surface area contributed by atoms with Crippen LogP contribution in [0.15, 0.2) is 82.5 Å². The zero-order valence-corrected chi connectivity index (χ0v) is 22.5. The second-order valence-electron chi connectivity index (χ2n) is 8.85. The van der Waals surface area contributed by atoms with Gasteiger partial charge in [-0.1, -0.05) is 46.3 Å². The Hall–Kier alpha value is -4.24. The zero-order chi connectivity index (χ0) is 26.4. The predicted octanol–water partition coefficient (Wildman–Crippen LogP) is 5.70. The van der Waals surface area contributed by atoms with Gasteiger partial charge in [0.25, 0.3) is 0 Å². The molecule has 1 N–H and O–H groups in total. The zero-order valence-electron chi connectivity index (χ0n) is 20.9. The molecule has 192 valence electrons. The number of nitrogens with zero attached hydrogens (tertiary/aromatic N) is 2. The van der Waals surface area contributed by atoms with Crippen molar-refractivity contribution in [3.8, 4) is 34.2 Å². The topological polar surface area (TPSA) is 83.8 Å². The summed E-state index contributed by atoms with van der Waals surface area (Å²) in [6.45, 7) is 0.155. The molecule has 1 aromatic heterocycles. The number of ether oxygens (including phenoxy) is 4. The predicted molar refractivity (Wildman–Crippen MR) is 146 cm³/mol. The maximum atomic E-state index is 13.2. The fourth-order valence-corrected chi connectivity index (χ4v) is 5.37. The molecule has 0 amide bonds. The molecule has 0 bridgehead atoms. The quantitative estimate of drug-likeness (QED) is 0.296. The minimum Gasteiger partial charge on any atom is -0.493 e. The highest BCUT2D eigenvalue weighted by Crippen LogP contribution is 2.51. The van der Waals surface area contributed by atoms with Gasteiger partial charge in [0.2, 0.25) is 5.75 Å². The van der Waals surface area contributed by atoms with Crippen molar-refractivity contribution in [2.75, 3.05) is 33.3 Å². The number of benzene rings is 3. The highest BCUT2D eigenvalue weighted by molar-refractivity contribution is 9.10. The van der Waals surface area contributed by atoms with E-state index in [0.717, 1.165) is 38.4 Å². The van der Waals surface area contributed by atoms with Crippen molar-refractivity contribution in [2.24, 2.45) is 0 Å². The molecular formula is C29H24BrN3O5. The first-order valence-electron chi connectivity index (χ1n) is 12.0. The van der Waals surface area contributed by atoms with E-state index in [1.165, 1.54) is 0 Å². The summed E-state index contributed by atoms with van der Waals surface area (Å²) in [7, 11) is 4.71. The molecule has 0 saturated heterocycles. The fraction of sp³-hybridized carbons (Fsp3) is 0.172. The average molecular weight is 574 g/mol. The van der Waals surface area contributed by atoms with Gasteiger partial charge in [-0.05, 0) is 42.0 Å². The van der Waals surface area contributed by atoms with Crippen molar-refractivity contribution < 1.29 is 23.7 Å². The summed E-state index contributed by atoms with van der Waals surface area (Å²) in [5.74, 6) is 1.37. The van der Waals surface area contributed by atoms with Gasteiger partial charge in [-0.25, -0.2) is 9.48 Å². The van der Waals surface area contributed by atoms with Crippen molar-refractivity contribution in [2.45, 2.75) is 5.92 Å². The summed E-state index contributed by atoms with van der Waals surface area (Å²) < 4.78 is 25.2. The summed E-state index contributed by atoms with van der Waals surface area (Å²) in [6, 6.07) is 21.6. The number of esters is 1. The van der Waals surface area contributed by atoms with Crippen molar-refractivity contribution in [3.63, 3.8) is 0 Å². The molecule has 0 saturated carbocycles. The Morgan fingerprint density at radius 2 is 1.66 bits per heavy atom. The largest absolute Gasteiger partial charge is 0.493 e. The Balaban J connectivity index is 1.67. The minimum atomic E-state index is -0.499. The van der Waals surface area contributed by atoms with Crippen LogP contribution in [0.1, 0.15) is 17.0 Å². The first-order chi connectivity index (χ1) is 18.5. The monoisotopic (exact) mass is 573 g/mol. The number of rotatable bonds is 6. The Kier molecular flexibility index (Phi) is 6.07. The van der Waals surface area contributed by atoms with Crippen LogP contribution in [0.4, 0.5) is 5.82 Å². The van der Waals surface area contributed by atoms with E-state index in [1.54, 1.807) is 21.3 Å². The first kappa shape index (κ1) is 24.1. The Bertz CT molecular complexity index is 1550.